The summed E-state index contributed by atoms with van der Waals surface area (Å²) in [6, 6.07) is -0.713. The lowest BCUT2D eigenvalue weighted by Crippen LogP contribution is -2.70. The highest BCUT2D eigenvalue weighted by atomic mass is 32.2. The number of carbonyl (C=O) groups excluding carboxylic acids is 2. The number of hydrogen-bond donors (Lipinski definition) is 2. The predicted octanol–water partition coefficient (Wildman–Crippen LogP) is 0.101. The SMILES string of the molecule is CC1=C(C(=O)O)N2C(=O)[C@H](NC(=O)c3cn(C)nc3C)[C@H]2SC1. The van der Waals surface area contributed by atoms with Crippen molar-refractivity contribution in [3.05, 3.63) is 28.7 Å². The Bertz CT molecular complexity index is 754. The number of carbonyl (C=O) groups is 3. The van der Waals surface area contributed by atoms with E-state index in [1.54, 1.807) is 27.1 Å². The van der Waals surface area contributed by atoms with Crippen molar-refractivity contribution >= 4 is 29.5 Å². The zero-order chi connectivity index (χ0) is 16.9. The van der Waals surface area contributed by atoms with E-state index in [2.05, 4.69) is 10.4 Å². The number of fused-ring (bicyclic) bond motifs is 1. The second-order valence-electron chi connectivity index (χ2n) is 5.60. The largest absolute Gasteiger partial charge is 0.477 e. The van der Waals surface area contributed by atoms with Gasteiger partial charge >= 0.3 is 5.97 Å². The Kier molecular flexibility index (Phi) is 3.67. The Morgan fingerprint density at radius 1 is 1.43 bits per heavy atom. The highest BCUT2D eigenvalue weighted by molar-refractivity contribution is 8.00. The van der Waals surface area contributed by atoms with E-state index >= 15 is 0 Å². The van der Waals surface area contributed by atoms with Gasteiger partial charge in [0.2, 0.25) is 0 Å². The van der Waals surface area contributed by atoms with E-state index in [0.717, 1.165) is 0 Å². The number of aliphatic carboxylic acids is 1. The number of carboxylic acids is 1. The Hall–Kier alpha value is -2.29. The maximum atomic E-state index is 12.3. The number of rotatable bonds is 3. The molecule has 122 valence electrons. The summed E-state index contributed by atoms with van der Waals surface area (Å²) < 4.78 is 1.53. The number of carboxylic acid groups (broad SMARTS) is 1. The number of nitrogens with zero attached hydrogens (tertiary/aromatic N) is 3. The quantitative estimate of drug-likeness (QED) is 0.759. The van der Waals surface area contributed by atoms with Gasteiger partial charge in [-0.2, -0.15) is 5.10 Å². The fraction of sp³-hybridized carbons (Fsp3) is 0.429. The highest BCUT2D eigenvalue weighted by Crippen LogP contribution is 2.40. The minimum absolute atomic E-state index is 0.0295. The van der Waals surface area contributed by atoms with E-state index in [0.29, 0.717) is 22.6 Å². The van der Waals surface area contributed by atoms with Gasteiger partial charge in [0, 0.05) is 19.0 Å². The molecule has 23 heavy (non-hydrogen) atoms. The molecule has 2 atom stereocenters. The maximum Gasteiger partial charge on any atom is 0.352 e. The van der Waals surface area contributed by atoms with E-state index in [1.165, 1.54) is 21.3 Å². The lowest BCUT2D eigenvalue weighted by Gasteiger charge is -2.49. The second-order valence-corrected chi connectivity index (χ2v) is 6.70. The van der Waals surface area contributed by atoms with E-state index in [4.69, 9.17) is 0 Å². The van der Waals surface area contributed by atoms with Crippen LogP contribution in [0.5, 0.6) is 0 Å². The van der Waals surface area contributed by atoms with Crippen LogP contribution in [0.15, 0.2) is 17.5 Å². The maximum absolute atomic E-state index is 12.3. The summed E-state index contributed by atoms with van der Waals surface area (Å²) in [7, 11) is 1.71. The van der Waals surface area contributed by atoms with Crippen molar-refractivity contribution in [2.45, 2.75) is 25.3 Å². The first kappa shape index (κ1) is 15.6. The number of thioether (sulfide) groups is 1. The molecule has 9 heteroatoms. The van der Waals surface area contributed by atoms with Crippen LogP contribution in [0.1, 0.15) is 23.0 Å². The number of nitrogens with one attached hydrogen (secondary N) is 1. The third-order valence-corrected chi connectivity index (χ3v) is 5.33. The normalized spacial score (nSPS) is 23.4. The molecule has 1 fully saturated rings. The molecule has 2 N–H and O–H groups in total. The molecule has 1 aromatic rings. The van der Waals surface area contributed by atoms with Gasteiger partial charge in [-0.3, -0.25) is 19.2 Å². The van der Waals surface area contributed by atoms with Crippen LogP contribution in [0.25, 0.3) is 0 Å². The van der Waals surface area contributed by atoms with Crippen molar-refractivity contribution < 1.29 is 19.5 Å². The third kappa shape index (κ3) is 2.40. The molecule has 0 bridgehead atoms. The van der Waals surface area contributed by atoms with Gasteiger partial charge in [-0.25, -0.2) is 4.79 Å². The minimum Gasteiger partial charge on any atom is -0.477 e. The lowest BCUT2D eigenvalue weighted by molar-refractivity contribution is -0.148. The number of amides is 2. The molecule has 3 rings (SSSR count). The molecule has 2 aliphatic rings. The van der Waals surface area contributed by atoms with E-state index < -0.39 is 17.9 Å². The molecular weight excluding hydrogens is 320 g/mol. The molecule has 0 saturated carbocycles. The summed E-state index contributed by atoms with van der Waals surface area (Å²) in [6.45, 7) is 3.42. The minimum atomic E-state index is -1.12. The van der Waals surface area contributed by atoms with Crippen molar-refractivity contribution in [1.29, 1.82) is 0 Å². The predicted molar refractivity (Wildman–Crippen MR) is 82.6 cm³/mol. The zero-order valence-corrected chi connectivity index (χ0v) is 13.7. The van der Waals surface area contributed by atoms with Crippen LogP contribution in [-0.4, -0.2) is 54.7 Å². The van der Waals surface area contributed by atoms with E-state index in [-0.39, 0.29) is 17.0 Å². The van der Waals surface area contributed by atoms with Gasteiger partial charge in [0.25, 0.3) is 11.8 Å². The zero-order valence-electron chi connectivity index (χ0n) is 12.9. The number of aromatic nitrogens is 2. The van der Waals surface area contributed by atoms with Gasteiger partial charge in [0.05, 0.1) is 11.3 Å². The van der Waals surface area contributed by atoms with Gasteiger partial charge in [-0.15, -0.1) is 11.8 Å². The Labute approximate surface area is 136 Å². The monoisotopic (exact) mass is 336 g/mol. The fourth-order valence-corrected chi connectivity index (χ4v) is 4.11. The average Bonchev–Trinajstić information content (AvgIpc) is 2.82. The number of aryl methyl sites for hydroxylation is 2. The second kappa shape index (κ2) is 5.41. The molecule has 3 heterocycles. The van der Waals surface area contributed by atoms with Crippen molar-refractivity contribution in [2.24, 2.45) is 7.05 Å². The number of hydrogen-bond acceptors (Lipinski definition) is 5. The first-order chi connectivity index (χ1) is 10.8. The summed E-state index contributed by atoms with van der Waals surface area (Å²) in [6.07, 6.45) is 1.59. The Morgan fingerprint density at radius 3 is 2.70 bits per heavy atom. The first-order valence-electron chi connectivity index (χ1n) is 7.00. The third-order valence-electron chi connectivity index (χ3n) is 3.91. The first-order valence-corrected chi connectivity index (χ1v) is 8.05. The van der Waals surface area contributed by atoms with Crippen LogP contribution in [0.4, 0.5) is 0 Å². The van der Waals surface area contributed by atoms with E-state index in [1.807, 2.05) is 0 Å². The van der Waals surface area contributed by atoms with Crippen LogP contribution in [-0.2, 0) is 16.6 Å². The molecule has 1 aromatic heterocycles. The molecule has 0 aliphatic carbocycles. The van der Waals surface area contributed by atoms with Gasteiger partial charge in [0.15, 0.2) is 0 Å². The molecular formula is C14H16N4O4S. The smallest absolute Gasteiger partial charge is 0.352 e. The van der Waals surface area contributed by atoms with Gasteiger partial charge in [-0.05, 0) is 19.4 Å². The lowest BCUT2D eigenvalue weighted by atomic mass is 10.0. The van der Waals surface area contributed by atoms with Gasteiger partial charge in [-0.1, -0.05) is 0 Å². The van der Waals surface area contributed by atoms with Gasteiger partial charge < -0.3 is 10.4 Å². The molecule has 8 nitrogen and oxygen atoms in total. The highest BCUT2D eigenvalue weighted by Gasteiger charge is 2.53. The van der Waals surface area contributed by atoms with Crippen molar-refractivity contribution in [3.63, 3.8) is 0 Å². The van der Waals surface area contributed by atoms with Crippen LogP contribution in [0.3, 0.4) is 0 Å². The van der Waals surface area contributed by atoms with Crippen LogP contribution >= 0.6 is 11.8 Å². The summed E-state index contributed by atoms with van der Waals surface area (Å²) >= 11 is 1.45. The van der Waals surface area contributed by atoms with E-state index in [9.17, 15) is 19.5 Å². The molecule has 1 saturated heterocycles. The fourth-order valence-electron chi connectivity index (χ4n) is 2.82. The number of β-lactam (4-membered cyclic amide) rings is 1. The topological polar surface area (TPSA) is 105 Å². The molecule has 0 aromatic carbocycles. The van der Waals surface area contributed by atoms with Crippen LogP contribution in [0.2, 0.25) is 0 Å². The van der Waals surface area contributed by atoms with Crippen molar-refractivity contribution in [2.75, 3.05) is 5.75 Å². The van der Waals surface area contributed by atoms with Crippen molar-refractivity contribution in [1.82, 2.24) is 20.0 Å². The summed E-state index contributed by atoms with van der Waals surface area (Å²) in [4.78, 5) is 37.2. The van der Waals surface area contributed by atoms with Gasteiger partial charge in [0.1, 0.15) is 17.1 Å². The van der Waals surface area contributed by atoms with Crippen LogP contribution in [0, 0.1) is 6.92 Å². The summed E-state index contributed by atoms with van der Waals surface area (Å²) in [5.41, 5.74) is 1.67. The molecule has 2 amide bonds. The average molecular weight is 336 g/mol. The van der Waals surface area contributed by atoms with Crippen LogP contribution < -0.4 is 5.32 Å². The Balaban J connectivity index is 1.78. The molecule has 0 spiro atoms. The summed E-state index contributed by atoms with van der Waals surface area (Å²) in [5.74, 6) is -1.37. The molecule has 0 unspecified atom stereocenters. The summed E-state index contributed by atoms with van der Waals surface area (Å²) in [5, 5.41) is 15.7. The molecule has 0 radical (unpaired) electrons. The van der Waals surface area contributed by atoms with Crippen molar-refractivity contribution in [3.8, 4) is 0 Å². The molecule has 2 aliphatic heterocycles. The Morgan fingerprint density at radius 2 is 2.13 bits per heavy atom. The standard InChI is InChI=1S/C14H16N4O4S/c1-6-5-23-13-9(12(20)18(13)10(6)14(21)22)15-11(19)8-4-17(3)16-7(8)2/h4,9,13H,5H2,1-3H3,(H,15,19)(H,21,22)/t9-,13+/m0/s1.